The fraction of sp³-hybridized carbons (Fsp3) is 0.562. The van der Waals surface area contributed by atoms with Crippen molar-refractivity contribution in [3.63, 3.8) is 0 Å². The van der Waals surface area contributed by atoms with Crippen LogP contribution in [0.3, 0.4) is 0 Å². The summed E-state index contributed by atoms with van der Waals surface area (Å²) in [5, 5.41) is 2.91. The van der Waals surface area contributed by atoms with Crippen molar-refractivity contribution in [1.82, 2.24) is 0 Å². The zero-order valence-electron chi connectivity index (χ0n) is 12.9. The highest BCUT2D eigenvalue weighted by atomic mass is 16.5. The fourth-order valence-corrected chi connectivity index (χ4v) is 1.99. The van der Waals surface area contributed by atoms with E-state index in [-0.39, 0.29) is 5.91 Å². The van der Waals surface area contributed by atoms with Gasteiger partial charge in [0.15, 0.2) is 0 Å². The van der Waals surface area contributed by atoms with Crippen molar-refractivity contribution in [2.24, 2.45) is 0 Å². The van der Waals surface area contributed by atoms with E-state index in [1.54, 1.807) is 7.11 Å². The standard InChI is InChI=1S/C16H25NO3/c1-5-11-16(3,20-12-6-2)15(18)17-13-7-9-14(19-4)10-8-13/h7-10H,5-6,11-12H2,1-4H3,(H,17,18). The minimum Gasteiger partial charge on any atom is -0.497 e. The third-order valence-corrected chi connectivity index (χ3v) is 3.18. The Kier molecular flexibility index (Phi) is 6.52. The first-order chi connectivity index (χ1) is 9.55. The van der Waals surface area contributed by atoms with E-state index < -0.39 is 5.60 Å². The summed E-state index contributed by atoms with van der Waals surface area (Å²) in [6.45, 7) is 6.53. The highest BCUT2D eigenvalue weighted by Gasteiger charge is 2.33. The molecule has 4 nitrogen and oxygen atoms in total. The molecule has 0 radical (unpaired) electrons. The molecule has 0 spiro atoms. The predicted octanol–water partition coefficient (Wildman–Crippen LogP) is 3.62. The summed E-state index contributed by atoms with van der Waals surface area (Å²) in [5.41, 5.74) is -0.0248. The molecule has 0 aliphatic heterocycles. The average molecular weight is 279 g/mol. The average Bonchev–Trinajstić information content (AvgIpc) is 2.46. The van der Waals surface area contributed by atoms with Crippen LogP contribution in [0, 0.1) is 0 Å². The molecular formula is C16H25NO3. The molecule has 0 aromatic heterocycles. The van der Waals surface area contributed by atoms with Gasteiger partial charge in [0.2, 0.25) is 0 Å². The molecule has 1 N–H and O–H groups in total. The lowest BCUT2D eigenvalue weighted by Crippen LogP contribution is -2.43. The Labute approximate surface area is 121 Å². The quantitative estimate of drug-likeness (QED) is 0.790. The van der Waals surface area contributed by atoms with Crippen LogP contribution in [0.25, 0.3) is 0 Å². The Hall–Kier alpha value is -1.55. The van der Waals surface area contributed by atoms with Crippen LogP contribution in [0.5, 0.6) is 5.75 Å². The maximum Gasteiger partial charge on any atom is 0.256 e. The van der Waals surface area contributed by atoms with Gasteiger partial charge in [-0.1, -0.05) is 20.3 Å². The molecule has 20 heavy (non-hydrogen) atoms. The van der Waals surface area contributed by atoms with E-state index in [2.05, 4.69) is 5.32 Å². The third kappa shape index (κ3) is 4.53. The Morgan fingerprint density at radius 3 is 2.35 bits per heavy atom. The number of carbonyl (C=O) groups excluding carboxylic acids is 1. The second-order valence-corrected chi connectivity index (χ2v) is 5.01. The van der Waals surface area contributed by atoms with Gasteiger partial charge in [0, 0.05) is 12.3 Å². The molecule has 1 amide bonds. The molecule has 0 saturated carbocycles. The molecule has 0 fully saturated rings. The highest BCUT2D eigenvalue weighted by molar-refractivity contribution is 5.97. The Morgan fingerprint density at radius 1 is 1.20 bits per heavy atom. The van der Waals surface area contributed by atoms with E-state index in [9.17, 15) is 4.79 Å². The maximum absolute atomic E-state index is 12.4. The van der Waals surface area contributed by atoms with Gasteiger partial charge in [0.25, 0.3) is 5.91 Å². The van der Waals surface area contributed by atoms with Crippen molar-refractivity contribution >= 4 is 11.6 Å². The molecule has 0 aliphatic carbocycles. The van der Waals surface area contributed by atoms with Gasteiger partial charge in [-0.25, -0.2) is 0 Å². The van der Waals surface area contributed by atoms with Crippen LogP contribution in [-0.2, 0) is 9.53 Å². The van der Waals surface area contributed by atoms with Crippen LogP contribution >= 0.6 is 0 Å². The summed E-state index contributed by atoms with van der Waals surface area (Å²) in [6, 6.07) is 7.28. The first kappa shape index (κ1) is 16.5. The van der Waals surface area contributed by atoms with Crippen molar-refractivity contribution in [1.29, 1.82) is 0 Å². The van der Waals surface area contributed by atoms with E-state index in [0.717, 1.165) is 24.3 Å². The lowest BCUT2D eigenvalue weighted by molar-refractivity contribution is -0.140. The van der Waals surface area contributed by atoms with Gasteiger partial charge in [0.1, 0.15) is 11.4 Å². The van der Waals surface area contributed by atoms with Gasteiger partial charge < -0.3 is 14.8 Å². The van der Waals surface area contributed by atoms with Gasteiger partial charge in [-0.2, -0.15) is 0 Å². The molecule has 1 unspecified atom stereocenters. The van der Waals surface area contributed by atoms with Crippen molar-refractivity contribution < 1.29 is 14.3 Å². The number of nitrogens with one attached hydrogen (secondary N) is 1. The molecule has 0 aliphatic rings. The second-order valence-electron chi connectivity index (χ2n) is 5.01. The maximum atomic E-state index is 12.4. The lowest BCUT2D eigenvalue weighted by Gasteiger charge is -2.28. The van der Waals surface area contributed by atoms with Gasteiger partial charge in [-0.05, 0) is 44.0 Å². The summed E-state index contributed by atoms with van der Waals surface area (Å²) in [7, 11) is 1.62. The molecule has 112 valence electrons. The van der Waals surface area contributed by atoms with Crippen LogP contribution in [0.15, 0.2) is 24.3 Å². The number of rotatable bonds is 8. The molecule has 1 atom stereocenters. The normalized spacial score (nSPS) is 13.6. The lowest BCUT2D eigenvalue weighted by atomic mass is 9.99. The Morgan fingerprint density at radius 2 is 1.85 bits per heavy atom. The third-order valence-electron chi connectivity index (χ3n) is 3.18. The van der Waals surface area contributed by atoms with E-state index in [0.29, 0.717) is 13.0 Å². The number of methoxy groups -OCH3 is 1. The van der Waals surface area contributed by atoms with E-state index in [4.69, 9.17) is 9.47 Å². The van der Waals surface area contributed by atoms with Crippen molar-refractivity contribution in [3.05, 3.63) is 24.3 Å². The topological polar surface area (TPSA) is 47.6 Å². The molecule has 0 saturated heterocycles. The largest absolute Gasteiger partial charge is 0.497 e. The van der Waals surface area contributed by atoms with Crippen molar-refractivity contribution in [2.45, 2.75) is 45.6 Å². The minimum atomic E-state index is -0.773. The zero-order valence-corrected chi connectivity index (χ0v) is 12.9. The van der Waals surface area contributed by atoms with E-state index in [1.165, 1.54) is 0 Å². The summed E-state index contributed by atoms with van der Waals surface area (Å²) in [6.07, 6.45) is 2.50. The summed E-state index contributed by atoms with van der Waals surface area (Å²) < 4.78 is 10.9. The number of ether oxygens (including phenoxy) is 2. The molecule has 0 bridgehead atoms. The van der Waals surface area contributed by atoms with Crippen LogP contribution in [-0.4, -0.2) is 25.2 Å². The van der Waals surface area contributed by atoms with Crippen LogP contribution in [0.4, 0.5) is 5.69 Å². The monoisotopic (exact) mass is 279 g/mol. The SMILES string of the molecule is CCCOC(C)(CCC)C(=O)Nc1ccc(OC)cc1. The molecular weight excluding hydrogens is 254 g/mol. The number of hydrogen-bond acceptors (Lipinski definition) is 3. The summed E-state index contributed by atoms with van der Waals surface area (Å²) in [5.74, 6) is 0.666. The van der Waals surface area contributed by atoms with E-state index >= 15 is 0 Å². The molecule has 0 heterocycles. The van der Waals surface area contributed by atoms with E-state index in [1.807, 2.05) is 45.0 Å². The molecule has 4 heteroatoms. The molecule has 1 aromatic carbocycles. The minimum absolute atomic E-state index is 0.0991. The van der Waals surface area contributed by atoms with Crippen molar-refractivity contribution in [2.75, 3.05) is 19.0 Å². The second kappa shape index (κ2) is 7.90. The number of anilines is 1. The number of hydrogen-bond donors (Lipinski definition) is 1. The number of carbonyl (C=O) groups is 1. The number of benzene rings is 1. The first-order valence-electron chi connectivity index (χ1n) is 7.15. The van der Waals surface area contributed by atoms with Crippen LogP contribution in [0.1, 0.15) is 40.0 Å². The molecule has 1 rings (SSSR count). The first-order valence-corrected chi connectivity index (χ1v) is 7.15. The summed E-state index contributed by atoms with van der Waals surface area (Å²) in [4.78, 5) is 12.4. The smallest absolute Gasteiger partial charge is 0.256 e. The van der Waals surface area contributed by atoms with Crippen LogP contribution in [0.2, 0.25) is 0 Å². The Balaban J connectivity index is 2.73. The number of amides is 1. The Bertz CT molecular complexity index is 416. The van der Waals surface area contributed by atoms with Gasteiger partial charge in [-0.15, -0.1) is 0 Å². The summed E-state index contributed by atoms with van der Waals surface area (Å²) >= 11 is 0. The molecule has 1 aromatic rings. The van der Waals surface area contributed by atoms with Crippen molar-refractivity contribution in [3.8, 4) is 5.75 Å². The highest BCUT2D eigenvalue weighted by Crippen LogP contribution is 2.22. The van der Waals surface area contributed by atoms with Gasteiger partial charge in [0.05, 0.1) is 7.11 Å². The zero-order chi connectivity index (χ0) is 15.0. The van der Waals surface area contributed by atoms with Crippen LogP contribution < -0.4 is 10.1 Å². The fourth-order valence-electron chi connectivity index (χ4n) is 1.99. The van der Waals surface area contributed by atoms with Gasteiger partial charge >= 0.3 is 0 Å². The predicted molar refractivity (Wildman–Crippen MR) is 81.2 cm³/mol. The van der Waals surface area contributed by atoms with Gasteiger partial charge in [-0.3, -0.25) is 4.79 Å².